The molecule has 4 aromatic rings. The van der Waals surface area contributed by atoms with Gasteiger partial charge in [0.15, 0.2) is 5.79 Å². The van der Waals surface area contributed by atoms with E-state index in [0.29, 0.717) is 16.9 Å². The first kappa shape index (κ1) is 26.0. The molecule has 10 heteroatoms. The Labute approximate surface area is 216 Å². The number of nitrogens with two attached hydrogens (primary N) is 1. The molecule has 1 aromatic heterocycles. The minimum Gasteiger partial charge on any atom is -0.397 e. The van der Waals surface area contributed by atoms with Gasteiger partial charge in [0.1, 0.15) is 11.9 Å². The van der Waals surface area contributed by atoms with Crippen LogP contribution in [0.4, 0.5) is 34.6 Å². The van der Waals surface area contributed by atoms with Crippen LogP contribution in [0, 0.1) is 5.82 Å². The SMILES string of the molecule is CC1(C)OCC(Cn2cc(C(O)(c3ccc(Nc4ccc(F)cc4)c(N)c3)C(F)(F)F)c3ccccc32)O1. The highest BCUT2D eigenvalue weighted by Crippen LogP contribution is 2.48. The van der Waals surface area contributed by atoms with Crippen molar-refractivity contribution < 1.29 is 32.1 Å². The van der Waals surface area contributed by atoms with Gasteiger partial charge < -0.3 is 30.2 Å². The zero-order valence-electron chi connectivity index (χ0n) is 20.7. The third kappa shape index (κ3) is 4.70. The Hall–Kier alpha value is -3.60. The molecule has 5 rings (SSSR count). The normalized spacial score (nSPS) is 19.0. The molecule has 2 unspecified atom stereocenters. The van der Waals surface area contributed by atoms with Gasteiger partial charge in [0, 0.05) is 28.4 Å². The van der Waals surface area contributed by atoms with Gasteiger partial charge >= 0.3 is 6.18 Å². The molecule has 2 heterocycles. The lowest BCUT2D eigenvalue weighted by molar-refractivity contribution is -0.247. The first-order valence-electron chi connectivity index (χ1n) is 12.0. The fraction of sp³-hybridized carbons (Fsp3) is 0.286. The third-order valence-electron chi connectivity index (χ3n) is 6.65. The molecule has 0 radical (unpaired) electrons. The second kappa shape index (κ2) is 9.30. The van der Waals surface area contributed by atoms with Crippen molar-refractivity contribution in [1.82, 2.24) is 4.57 Å². The summed E-state index contributed by atoms with van der Waals surface area (Å²) in [5.74, 6) is -1.21. The zero-order valence-corrected chi connectivity index (χ0v) is 20.7. The summed E-state index contributed by atoms with van der Waals surface area (Å²) >= 11 is 0. The Kier molecular flexibility index (Phi) is 6.37. The highest BCUT2D eigenvalue weighted by Gasteiger charge is 2.57. The van der Waals surface area contributed by atoms with Crippen molar-refractivity contribution in [3.05, 3.63) is 89.9 Å². The summed E-state index contributed by atoms with van der Waals surface area (Å²) in [5, 5.41) is 14.7. The lowest BCUT2D eigenvalue weighted by Crippen LogP contribution is -2.43. The van der Waals surface area contributed by atoms with Crippen molar-refractivity contribution in [3.8, 4) is 0 Å². The third-order valence-corrected chi connectivity index (χ3v) is 6.65. The van der Waals surface area contributed by atoms with Crippen LogP contribution in [0.5, 0.6) is 0 Å². The number of para-hydroxylation sites is 1. The zero-order chi connectivity index (χ0) is 27.3. The molecule has 0 bridgehead atoms. The summed E-state index contributed by atoms with van der Waals surface area (Å²) in [6.45, 7) is 4.07. The van der Waals surface area contributed by atoms with E-state index >= 15 is 0 Å². The van der Waals surface area contributed by atoms with Gasteiger partial charge in [0.2, 0.25) is 5.60 Å². The predicted molar refractivity (Wildman–Crippen MR) is 136 cm³/mol. The van der Waals surface area contributed by atoms with Gasteiger partial charge in [-0.25, -0.2) is 4.39 Å². The van der Waals surface area contributed by atoms with Crippen LogP contribution in [0.1, 0.15) is 25.0 Å². The number of ether oxygens (including phenoxy) is 2. The molecular formula is C28H27F4N3O3. The van der Waals surface area contributed by atoms with E-state index in [1.54, 1.807) is 42.7 Å². The minimum absolute atomic E-state index is 0.0167. The number of anilines is 3. The van der Waals surface area contributed by atoms with Crippen LogP contribution in [-0.4, -0.2) is 34.3 Å². The number of halogens is 4. The maximum atomic E-state index is 14.7. The standard InChI is InChI=1S/C28H27F4N3O3/c1-26(2)37-16-20(38-26)14-35-15-22(21-5-3-4-6-25(21)35)27(36,28(30,31)32)17-7-12-24(23(33)13-17)34-19-10-8-18(29)9-11-19/h3-13,15,20,34,36H,14,16,33H2,1-2H3. The van der Waals surface area contributed by atoms with Crippen molar-refractivity contribution in [2.24, 2.45) is 0 Å². The number of hydrogen-bond donors (Lipinski definition) is 3. The smallest absolute Gasteiger partial charge is 0.397 e. The summed E-state index contributed by atoms with van der Waals surface area (Å²) in [6, 6.07) is 15.7. The van der Waals surface area contributed by atoms with Gasteiger partial charge in [-0.2, -0.15) is 13.2 Å². The number of aromatic nitrogens is 1. The number of nitrogens with zero attached hydrogens (tertiary/aromatic N) is 1. The number of alkyl halides is 3. The average molecular weight is 530 g/mol. The average Bonchev–Trinajstić information content (AvgIpc) is 3.40. The van der Waals surface area contributed by atoms with Crippen molar-refractivity contribution >= 4 is 28.0 Å². The van der Waals surface area contributed by atoms with E-state index in [4.69, 9.17) is 15.2 Å². The lowest BCUT2D eigenvalue weighted by atomic mass is 9.85. The first-order chi connectivity index (χ1) is 17.9. The molecule has 0 spiro atoms. The van der Waals surface area contributed by atoms with Gasteiger partial charge in [-0.05, 0) is 61.9 Å². The van der Waals surface area contributed by atoms with Crippen LogP contribution in [0.3, 0.4) is 0 Å². The molecule has 2 atom stereocenters. The Morgan fingerprint density at radius 2 is 1.79 bits per heavy atom. The maximum absolute atomic E-state index is 14.7. The molecule has 200 valence electrons. The maximum Gasteiger partial charge on any atom is 0.425 e. The van der Waals surface area contributed by atoms with E-state index in [-0.39, 0.29) is 35.9 Å². The van der Waals surface area contributed by atoms with Crippen molar-refractivity contribution in [3.63, 3.8) is 0 Å². The molecule has 0 amide bonds. The van der Waals surface area contributed by atoms with E-state index in [1.807, 2.05) is 0 Å². The second-order valence-electron chi connectivity index (χ2n) is 9.81. The van der Waals surface area contributed by atoms with E-state index in [0.717, 1.165) is 6.07 Å². The summed E-state index contributed by atoms with van der Waals surface area (Å²) in [6.07, 6.45) is -4.14. The van der Waals surface area contributed by atoms with Gasteiger partial charge in [0.05, 0.1) is 24.5 Å². The number of fused-ring (bicyclic) bond motifs is 1. The number of benzene rings is 3. The van der Waals surface area contributed by atoms with Gasteiger partial charge in [0.25, 0.3) is 0 Å². The quantitative estimate of drug-likeness (QED) is 0.209. The molecule has 1 saturated heterocycles. The lowest BCUT2D eigenvalue weighted by Gasteiger charge is -2.31. The fourth-order valence-electron chi connectivity index (χ4n) is 4.82. The van der Waals surface area contributed by atoms with E-state index in [2.05, 4.69) is 5.32 Å². The summed E-state index contributed by atoms with van der Waals surface area (Å²) in [5.41, 5.74) is 3.32. The molecule has 38 heavy (non-hydrogen) atoms. The van der Waals surface area contributed by atoms with Crippen LogP contribution in [-0.2, 0) is 21.6 Å². The van der Waals surface area contributed by atoms with Gasteiger partial charge in [-0.15, -0.1) is 0 Å². The molecule has 1 aliphatic rings. The van der Waals surface area contributed by atoms with Crippen LogP contribution in [0.15, 0.2) is 72.9 Å². The van der Waals surface area contributed by atoms with Crippen LogP contribution < -0.4 is 11.1 Å². The summed E-state index contributed by atoms with van der Waals surface area (Å²) in [7, 11) is 0. The Morgan fingerprint density at radius 3 is 2.42 bits per heavy atom. The fourth-order valence-corrected chi connectivity index (χ4v) is 4.82. The van der Waals surface area contributed by atoms with Crippen molar-refractivity contribution in [2.75, 3.05) is 17.7 Å². The van der Waals surface area contributed by atoms with Crippen LogP contribution in [0.2, 0.25) is 0 Å². The molecule has 6 nitrogen and oxygen atoms in total. The van der Waals surface area contributed by atoms with E-state index < -0.39 is 28.9 Å². The number of hydrogen-bond acceptors (Lipinski definition) is 5. The first-order valence-corrected chi connectivity index (χ1v) is 12.0. The van der Waals surface area contributed by atoms with Gasteiger partial charge in [-0.1, -0.05) is 24.3 Å². The molecule has 1 aliphatic heterocycles. The highest BCUT2D eigenvalue weighted by atomic mass is 19.4. The Morgan fingerprint density at radius 1 is 1.08 bits per heavy atom. The number of rotatable bonds is 6. The summed E-state index contributed by atoms with van der Waals surface area (Å²) in [4.78, 5) is 0. The van der Waals surface area contributed by atoms with E-state index in [1.165, 1.54) is 42.6 Å². The van der Waals surface area contributed by atoms with Crippen molar-refractivity contribution in [2.45, 2.75) is 44.1 Å². The van der Waals surface area contributed by atoms with E-state index in [9.17, 15) is 22.7 Å². The Bertz CT molecular complexity index is 1470. The molecule has 1 fully saturated rings. The van der Waals surface area contributed by atoms with Gasteiger partial charge in [-0.3, -0.25) is 0 Å². The van der Waals surface area contributed by atoms with Crippen LogP contribution >= 0.6 is 0 Å². The molecule has 4 N–H and O–H groups in total. The molecular weight excluding hydrogens is 502 g/mol. The number of nitrogens with one attached hydrogen (secondary N) is 1. The molecule has 0 aliphatic carbocycles. The highest BCUT2D eigenvalue weighted by molar-refractivity contribution is 5.86. The molecule has 3 aromatic carbocycles. The predicted octanol–water partition coefficient (Wildman–Crippen LogP) is 6.06. The molecule has 0 saturated carbocycles. The Balaban J connectivity index is 1.56. The monoisotopic (exact) mass is 529 g/mol. The number of aliphatic hydroxyl groups is 1. The number of nitrogen functional groups attached to an aromatic ring is 1. The topological polar surface area (TPSA) is 81.7 Å². The summed E-state index contributed by atoms with van der Waals surface area (Å²) < 4.78 is 70.6. The van der Waals surface area contributed by atoms with Crippen molar-refractivity contribution in [1.29, 1.82) is 0 Å². The minimum atomic E-state index is -5.07. The largest absolute Gasteiger partial charge is 0.425 e. The van der Waals surface area contributed by atoms with Crippen LogP contribution in [0.25, 0.3) is 10.9 Å². The second-order valence-corrected chi connectivity index (χ2v) is 9.81.